The first-order valence-electron chi connectivity index (χ1n) is 4.84. The van der Waals surface area contributed by atoms with E-state index in [9.17, 15) is 4.39 Å². The van der Waals surface area contributed by atoms with Crippen LogP contribution in [0.1, 0.15) is 20.3 Å². The van der Waals surface area contributed by atoms with E-state index in [4.69, 9.17) is 0 Å². The van der Waals surface area contributed by atoms with Crippen molar-refractivity contribution in [3.63, 3.8) is 0 Å². The molecule has 12 heavy (non-hydrogen) atoms. The Kier molecular flexibility index (Phi) is 8.83. The van der Waals surface area contributed by atoms with Gasteiger partial charge in [-0.05, 0) is 32.6 Å². The molecule has 1 N–H and O–H groups in total. The standard InChI is InChI=1S/C9H21FN2/c1-3-12(4-2)9-5-7-11-8-6-10/h11H,3-9H2,1-2H3. The van der Waals surface area contributed by atoms with Crippen molar-refractivity contribution in [3.8, 4) is 0 Å². The largest absolute Gasteiger partial charge is 0.314 e. The summed E-state index contributed by atoms with van der Waals surface area (Å²) in [5.41, 5.74) is 0. The van der Waals surface area contributed by atoms with E-state index in [1.807, 2.05) is 0 Å². The number of nitrogens with one attached hydrogen (secondary N) is 1. The van der Waals surface area contributed by atoms with Crippen molar-refractivity contribution in [3.05, 3.63) is 0 Å². The fraction of sp³-hybridized carbons (Fsp3) is 1.00. The molecule has 0 aliphatic carbocycles. The summed E-state index contributed by atoms with van der Waals surface area (Å²) in [6.45, 7) is 8.84. The van der Waals surface area contributed by atoms with E-state index >= 15 is 0 Å². The van der Waals surface area contributed by atoms with Crippen LogP contribution in [0.15, 0.2) is 0 Å². The zero-order valence-corrected chi connectivity index (χ0v) is 8.27. The van der Waals surface area contributed by atoms with Crippen LogP contribution < -0.4 is 5.32 Å². The molecule has 0 atom stereocenters. The van der Waals surface area contributed by atoms with Gasteiger partial charge < -0.3 is 10.2 Å². The minimum atomic E-state index is -0.259. The number of rotatable bonds is 8. The molecule has 0 heterocycles. The Balaban J connectivity index is 3.06. The van der Waals surface area contributed by atoms with Crippen molar-refractivity contribution in [1.82, 2.24) is 10.2 Å². The summed E-state index contributed by atoms with van der Waals surface area (Å²) < 4.78 is 11.6. The maximum Gasteiger partial charge on any atom is 0.102 e. The third kappa shape index (κ3) is 6.55. The van der Waals surface area contributed by atoms with Crippen molar-refractivity contribution in [2.45, 2.75) is 20.3 Å². The van der Waals surface area contributed by atoms with E-state index in [2.05, 4.69) is 24.1 Å². The molecule has 74 valence electrons. The van der Waals surface area contributed by atoms with Gasteiger partial charge in [0.1, 0.15) is 6.67 Å². The molecule has 3 heteroatoms. The van der Waals surface area contributed by atoms with Crippen molar-refractivity contribution >= 4 is 0 Å². The number of nitrogens with zero attached hydrogens (tertiary/aromatic N) is 1. The molecule has 0 aromatic heterocycles. The van der Waals surface area contributed by atoms with Gasteiger partial charge in [0, 0.05) is 6.54 Å². The van der Waals surface area contributed by atoms with Crippen LogP contribution in [0.5, 0.6) is 0 Å². The first-order valence-corrected chi connectivity index (χ1v) is 4.84. The van der Waals surface area contributed by atoms with Gasteiger partial charge in [-0.1, -0.05) is 13.8 Å². The van der Waals surface area contributed by atoms with E-state index in [1.54, 1.807) is 0 Å². The second kappa shape index (κ2) is 8.94. The average Bonchev–Trinajstić information content (AvgIpc) is 2.11. The Morgan fingerprint density at radius 2 is 1.83 bits per heavy atom. The molecule has 0 rings (SSSR count). The minimum absolute atomic E-state index is 0.259. The van der Waals surface area contributed by atoms with Crippen LogP contribution in [0.2, 0.25) is 0 Å². The van der Waals surface area contributed by atoms with Gasteiger partial charge >= 0.3 is 0 Å². The van der Waals surface area contributed by atoms with E-state index in [1.165, 1.54) is 0 Å². The maximum atomic E-state index is 11.6. The predicted molar refractivity (Wildman–Crippen MR) is 51.2 cm³/mol. The normalized spacial score (nSPS) is 11.0. The predicted octanol–water partition coefficient (Wildman–Crippen LogP) is 1.28. The summed E-state index contributed by atoms with van der Waals surface area (Å²) in [6, 6.07) is 0. The molecule has 0 bridgehead atoms. The Hall–Kier alpha value is -0.150. The van der Waals surface area contributed by atoms with Crippen molar-refractivity contribution in [2.75, 3.05) is 39.4 Å². The van der Waals surface area contributed by atoms with Crippen LogP contribution in [0, 0.1) is 0 Å². The first kappa shape index (κ1) is 11.8. The molecule has 0 saturated carbocycles. The molecular weight excluding hydrogens is 155 g/mol. The molecule has 0 fully saturated rings. The summed E-state index contributed by atoms with van der Waals surface area (Å²) in [7, 11) is 0. The lowest BCUT2D eigenvalue weighted by atomic mass is 10.3. The summed E-state index contributed by atoms with van der Waals surface area (Å²) >= 11 is 0. The summed E-state index contributed by atoms with van der Waals surface area (Å²) in [6.07, 6.45) is 1.11. The lowest BCUT2D eigenvalue weighted by Crippen LogP contribution is -2.27. The van der Waals surface area contributed by atoms with Crippen LogP contribution in [0.25, 0.3) is 0 Å². The number of alkyl halides is 1. The monoisotopic (exact) mass is 176 g/mol. The topological polar surface area (TPSA) is 15.3 Å². The van der Waals surface area contributed by atoms with Gasteiger partial charge in [0.05, 0.1) is 0 Å². The van der Waals surface area contributed by atoms with Crippen LogP contribution >= 0.6 is 0 Å². The summed E-state index contributed by atoms with van der Waals surface area (Å²) in [5.74, 6) is 0. The van der Waals surface area contributed by atoms with Crippen molar-refractivity contribution in [2.24, 2.45) is 0 Å². The molecule has 0 saturated heterocycles. The van der Waals surface area contributed by atoms with E-state index < -0.39 is 0 Å². The van der Waals surface area contributed by atoms with Crippen LogP contribution in [-0.2, 0) is 0 Å². The second-order valence-corrected chi connectivity index (χ2v) is 2.82. The maximum absolute atomic E-state index is 11.6. The molecule has 0 radical (unpaired) electrons. The molecule has 0 amide bonds. The Morgan fingerprint density at radius 3 is 2.33 bits per heavy atom. The number of hydrogen-bond acceptors (Lipinski definition) is 2. The van der Waals surface area contributed by atoms with Gasteiger partial charge in [-0.2, -0.15) is 0 Å². The lowest BCUT2D eigenvalue weighted by molar-refractivity contribution is 0.297. The van der Waals surface area contributed by atoms with Crippen molar-refractivity contribution in [1.29, 1.82) is 0 Å². The molecule has 2 nitrogen and oxygen atoms in total. The Morgan fingerprint density at radius 1 is 1.17 bits per heavy atom. The van der Waals surface area contributed by atoms with E-state index in [-0.39, 0.29) is 6.67 Å². The quantitative estimate of drug-likeness (QED) is 0.560. The Bertz CT molecular complexity index is 84.6. The highest BCUT2D eigenvalue weighted by atomic mass is 19.1. The first-order chi connectivity index (χ1) is 5.85. The Labute approximate surface area is 75.1 Å². The summed E-state index contributed by atoms with van der Waals surface area (Å²) in [5, 5.41) is 3.04. The molecule has 0 aromatic rings. The molecular formula is C9H21FN2. The second-order valence-electron chi connectivity index (χ2n) is 2.82. The van der Waals surface area contributed by atoms with Crippen LogP contribution in [0.4, 0.5) is 4.39 Å². The van der Waals surface area contributed by atoms with Gasteiger partial charge in [-0.3, -0.25) is 0 Å². The van der Waals surface area contributed by atoms with Gasteiger partial charge in [0.15, 0.2) is 0 Å². The van der Waals surface area contributed by atoms with E-state index in [0.29, 0.717) is 6.54 Å². The van der Waals surface area contributed by atoms with Crippen LogP contribution in [0.3, 0.4) is 0 Å². The molecule has 0 aliphatic heterocycles. The van der Waals surface area contributed by atoms with Gasteiger partial charge in [0.25, 0.3) is 0 Å². The zero-order valence-electron chi connectivity index (χ0n) is 8.27. The fourth-order valence-electron chi connectivity index (χ4n) is 1.16. The van der Waals surface area contributed by atoms with E-state index in [0.717, 1.165) is 32.6 Å². The third-order valence-electron chi connectivity index (χ3n) is 1.99. The van der Waals surface area contributed by atoms with Crippen molar-refractivity contribution < 1.29 is 4.39 Å². The highest BCUT2D eigenvalue weighted by Crippen LogP contribution is 1.88. The molecule has 0 aromatic carbocycles. The summed E-state index contributed by atoms with van der Waals surface area (Å²) in [4.78, 5) is 2.37. The van der Waals surface area contributed by atoms with Gasteiger partial charge in [0.2, 0.25) is 0 Å². The molecule has 0 unspecified atom stereocenters. The third-order valence-corrected chi connectivity index (χ3v) is 1.99. The van der Waals surface area contributed by atoms with Gasteiger partial charge in [-0.15, -0.1) is 0 Å². The smallest absolute Gasteiger partial charge is 0.102 e. The highest BCUT2D eigenvalue weighted by molar-refractivity contribution is 4.54. The zero-order chi connectivity index (χ0) is 9.23. The SMILES string of the molecule is CCN(CC)CCCNCCF. The number of halogens is 1. The average molecular weight is 176 g/mol. The minimum Gasteiger partial charge on any atom is -0.314 e. The van der Waals surface area contributed by atoms with Gasteiger partial charge in [-0.25, -0.2) is 4.39 Å². The number of hydrogen-bond donors (Lipinski definition) is 1. The van der Waals surface area contributed by atoms with Crippen LogP contribution in [-0.4, -0.2) is 44.3 Å². The highest BCUT2D eigenvalue weighted by Gasteiger charge is 1.96. The molecule has 0 spiro atoms. The lowest BCUT2D eigenvalue weighted by Gasteiger charge is -2.17. The molecule has 0 aliphatic rings. The fourth-order valence-corrected chi connectivity index (χ4v) is 1.16.